The Kier molecular flexibility index (Phi) is 18.5. The Balaban J connectivity index is 0.00000256. The minimum atomic E-state index is -4.04. The molecule has 20 nitrogen and oxygen atoms in total. The Morgan fingerprint density at radius 3 is 1.26 bits per heavy atom. The molecule has 386 valence electrons. The summed E-state index contributed by atoms with van der Waals surface area (Å²) in [6, 6.07) is 5.67. The van der Waals surface area contributed by atoms with Crippen LogP contribution in [0.3, 0.4) is 0 Å². The van der Waals surface area contributed by atoms with Crippen LogP contribution in [0, 0.1) is 41.5 Å². The second-order valence-electron chi connectivity index (χ2n) is 19.1. The zero-order valence-corrected chi connectivity index (χ0v) is 43.8. The fourth-order valence-corrected chi connectivity index (χ4v) is 11.5. The lowest BCUT2D eigenvalue weighted by atomic mass is 9.94. The Labute approximate surface area is 412 Å². The average Bonchev–Trinajstić information content (AvgIpc) is 3.78. The summed E-state index contributed by atoms with van der Waals surface area (Å²) in [6.07, 6.45) is 2.54. The molecule has 2 aliphatic rings. The molecule has 13 N–H and O–H groups in total. The van der Waals surface area contributed by atoms with Crippen molar-refractivity contribution in [3.05, 3.63) is 79.9 Å². The van der Waals surface area contributed by atoms with Crippen LogP contribution in [0.5, 0.6) is 11.5 Å². The summed E-state index contributed by atoms with van der Waals surface area (Å²) < 4.78 is 70.8. The van der Waals surface area contributed by atoms with Crippen LogP contribution in [0.15, 0.2) is 44.0 Å². The Bertz CT molecular complexity index is 2570. The van der Waals surface area contributed by atoms with Crippen LogP contribution in [0.1, 0.15) is 116 Å². The SMILES string of the molecule is CC(=O)O.Cc1c(C)c(S(=O)(=O)NC(N)=NCCC[C@H](N)C(=O)NCc2ccc(CNC(=O)[C@@H](N)CCCN=C(N)NS(=O)(=O)c3c(C)c(C)c4c(c3C)CC(C)(C)O4)cc2)c(C)c2c1OC(C)(C)C2. The normalized spacial score (nSPS) is 15.8. The van der Waals surface area contributed by atoms with Crippen molar-refractivity contribution in [1.82, 2.24) is 20.1 Å². The topological polar surface area (TPSA) is 335 Å². The number of carbonyl (C=O) groups is 3. The molecule has 0 aliphatic carbocycles. The second kappa shape index (κ2) is 22.8. The first-order valence-electron chi connectivity index (χ1n) is 23.0. The molecular weight excluding hydrogens is 941 g/mol. The maximum Gasteiger partial charge on any atom is 0.300 e. The number of amides is 2. The first kappa shape index (κ1) is 56.6. The van der Waals surface area contributed by atoms with Gasteiger partial charge in [0.25, 0.3) is 26.0 Å². The highest BCUT2D eigenvalue weighted by molar-refractivity contribution is 7.90. The van der Waals surface area contributed by atoms with Gasteiger partial charge in [0, 0.05) is 57.1 Å². The van der Waals surface area contributed by atoms with E-state index in [9.17, 15) is 26.4 Å². The molecule has 3 aromatic carbocycles. The highest BCUT2D eigenvalue weighted by Crippen LogP contribution is 2.45. The average molecular weight is 1010 g/mol. The lowest BCUT2D eigenvalue weighted by molar-refractivity contribution is -0.134. The molecule has 0 bridgehead atoms. The molecule has 22 heteroatoms. The van der Waals surface area contributed by atoms with E-state index in [1.165, 1.54) is 0 Å². The van der Waals surface area contributed by atoms with Gasteiger partial charge >= 0.3 is 0 Å². The molecular formula is C48H72N10O10S2. The van der Waals surface area contributed by atoms with E-state index in [2.05, 4.69) is 30.1 Å². The number of sulfonamides is 2. The van der Waals surface area contributed by atoms with E-state index in [4.69, 9.17) is 42.3 Å². The number of carboxylic acid groups (broad SMARTS) is 1. The maximum atomic E-state index is 13.4. The number of fused-ring (bicyclic) bond motifs is 2. The van der Waals surface area contributed by atoms with Gasteiger partial charge in [-0.15, -0.1) is 0 Å². The summed E-state index contributed by atoms with van der Waals surface area (Å²) in [5.41, 5.74) is 30.7. The largest absolute Gasteiger partial charge is 0.487 e. The molecule has 2 amide bonds. The third-order valence-electron chi connectivity index (χ3n) is 12.1. The second-order valence-corrected chi connectivity index (χ2v) is 22.4. The summed E-state index contributed by atoms with van der Waals surface area (Å²) in [4.78, 5) is 43.1. The van der Waals surface area contributed by atoms with Crippen molar-refractivity contribution in [3.8, 4) is 11.5 Å². The lowest BCUT2D eigenvalue weighted by Crippen LogP contribution is -2.40. The number of hydrogen-bond donors (Lipinski definition) is 9. The van der Waals surface area contributed by atoms with Crippen LogP contribution in [-0.4, -0.2) is 88.0 Å². The Morgan fingerprint density at radius 2 is 0.943 bits per heavy atom. The fraction of sp³-hybridized carbons (Fsp3) is 0.521. The number of aliphatic imine (C=N–C) groups is 2. The van der Waals surface area contributed by atoms with Crippen molar-refractivity contribution in [3.63, 3.8) is 0 Å². The van der Waals surface area contributed by atoms with Crippen LogP contribution in [0.25, 0.3) is 0 Å². The third-order valence-corrected chi connectivity index (χ3v) is 15.4. The molecule has 5 rings (SSSR count). The van der Waals surface area contributed by atoms with Crippen LogP contribution in [0.4, 0.5) is 0 Å². The first-order valence-corrected chi connectivity index (χ1v) is 26.0. The van der Waals surface area contributed by atoms with Gasteiger partial charge in [-0.25, -0.2) is 26.3 Å². The molecule has 0 saturated carbocycles. The van der Waals surface area contributed by atoms with E-state index >= 15 is 0 Å². The molecule has 2 atom stereocenters. The van der Waals surface area contributed by atoms with E-state index in [1.807, 2.05) is 65.8 Å². The van der Waals surface area contributed by atoms with Gasteiger partial charge in [-0.1, -0.05) is 24.3 Å². The summed E-state index contributed by atoms with van der Waals surface area (Å²) in [5, 5.41) is 13.1. The van der Waals surface area contributed by atoms with Crippen LogP contribution >= 0.6 is 0 Å². The van der Waals surface area contributed by atoms with Crippen molar-refractivity contribution in [2.24, 2.45) is 32.9 Å². The quantitative estimate of drug-likeness (QED) is 0.0503. The molecule has 2 aliphatic heterocycles. The summed E-state index contributed by atoms with van der Waals surface area (Å²) in [5.74, 6) is -0.587. The predicted octanol–water partition coefficient (Wildman–Crippen LogP) is 3.09. The molecule has 0 radical (unpaired) electrons. The number of rotatable bonds is 18. The van der Waals surface area contributed by atoms with Crippen LogP contribution in [-0.2, 0) is 60.4 Å². The Morgan fingerprint density at radius 1 is 0.629 bits per heavy atom. The summed E-state index contributed by atoms with van der Waals surface area (Å²) in [6.45, 7) is 20.5. The van der Waals surface area contributed by atoms with E-state index in [1.54, 1.807) is 27.7 Å². The minimum Gasteiger partial charge on any atom is -0.487 e. The van der Waals surface area contributed by atoms with Crippen molar-refractivity contribution < 1.29 is 45.8 Å². The minimum absolute atomic E-state index is 0.156. The molecule has 0 saturated heterocycles. The van der Waals surface area contributed by atoms with E-state index in [0.717, 1.165) is 51.8 Å². The third kappa shape index (κ3) is 14.5. The van der Waals surface area contributed by atoms with Gasteiger partial charge in [-0.05, 0) is 139 Å². The van der Waals surface area contributed by atoms with Crippen molar-refractivity contribution in [2.45, 2.75) is 161 Å². The van der Waals surface area contributed by atoms with Crippen molar-refractivity contribution in [1.29, 1.82) is 0 Å². The summed E-state index contributed by atoms with van der Waals surface area (Å²) in [7, 11) is -8.07. The molecule has 0 unspecified atom stereocenters. The monoisotopic (exact) mass is 1010 g/mol. The Hall–Kier alpha value is -5.97. The number of nitrogens with two attached hydrogens (primary N) is 4. The molecule has 0 fully saturated rings. The van der Waals surface area contributed by atoms with Gasteiger partial charge in [-0.3, -0.25) is 24.4 Å². The number of nitrogens with one attached hydrogen (secondary N) is 4. The van der Waals surface area contributed by atoms with Crippen molar-refractivity contribution >= 4 is 49.7 Å². The van der Waals surface area contributed by atoms with Gasteiger partial charge < -0.3 is 48.1 Å². The van der Waals surface area contributed by atoms with E-state index < -0.39 is 49.3 Å². The standard InChI is InChI=1S/C46H68N10O8S2.C2H4O2/c1-25-27(3)39(29(5)33-21-45(7,8)63-37(25)33)65(59,60)55-43(49)51-19-11-13-35(47)41(57)53-23-31-15-17-32(18-16-31)24-54-42(58)36(48)14-12-20-52-44(50)56-66(61,62)40-28(4)26(2)38-34(30(40)6)22-46(9,10)64-38;1-2(3)4/h15-18,35-36H,11-14,19-24,47-48H2,1-10H3,(H,53,57)(H,54,58)(H3,49,51,55)(H3,50,52,56);1H3,(H,3,4)/t35-,36-;/m0./s1. The number of carbonyl (C=O) groups excluding carboxylic acids is 2. The smallest absolute Gasteiger partial charge is 0.300 e. The molecule has 0 spiro atoms. The number of guanidine groups is 2. The number of nitrogens with zero attached hydrogens (tertiary/aromatic N) is 2. The zero-order valence-electron chi connectivity index (χ0n) is 42.2. The van der Waals surface area contributed by atoms with Crippen molar-refractivity contribution in [2.75, 3.05) is 13.1 Å². The van der Waals surface area contributed by atoms with E-state index in [-0.39, 0.29) is 59.7 Å². The number of ether oxygens (including phenoxy) is 2. The number of carboxylic acids is 1. The van der Waals surface area contributed by atoms with Crippen LogP contribution in [0.2, 0.25) is 0 Å². The predicted molar refractivity (Wildman–Crippen MR) is 270 cm³/mol. The van der Waals surface area contributed by atoms with Gasteiger partial charge in [0.1, 0.15) is 22.7 Å². The first-order chi connectivity index (χ1) is 32.4. The van der Waals surface area contributed by atoms with Gasteiger partial charge in [-0.2, -0.15) is 0 Å². The molecule has 3 aromatic rings. The molecule has 70 heavy (non-hydrogen) atoms. The molecule has 0 aromatic heterocycles. The van der Waals surface area contributed by atoms with E-state index in [0.29, 0.717) is 60.8 Å². The van der Waals surface area contributed by atoms with Gasteiger partial charge in [0.2, 0.25) is 23.7 Å². The number of aliphatic carboxylic acids is 1. The molecule has 2 heterocycles. The zero-order chi connectivity index (χ0) is 52.7. The number of hydrogen-bond acceptors (Lipinski definition) is 13. The van der Waals surface area contributed by atoms with Crippen LogP contribution < -0.4 is 52.5 Å². The highest BCUT2D eigenvalue weighted by Gasteiger charge is 2.38. The maximum absolute atomic E-state index is 13.4. The lowest BCUT2D eigenvalue weighted by Gasteiger charge is -2.19. The highest BCUT2D eigenvalue weighted by atomic mass is 32.2. The fourth-order valence-electron chi connectivity index (χ4n) is 8.44. The number of benzene rings is 3. The summed E-state index contributed by atoms with van der Waals surface area (Å²) >= 11 is 0. The van der Waals surface area contributed by atoms with Gasteiger partial charge in [0.15, 0.2) is 0 Å². The van der Waals surface area contributed by atoms with Gasteiger partial charge in [0.05, 0.1) is 21.9 Å².